The molecule has 1 aromatic carbocycles. The molecule has 2 unspecified atom stereocenters. The molecule has 2 atom stereocenters. The minimum Gasteiger partial charge on any atom is -0.399 e. The molecule has 2 heteroatoms. The fourth-order valence-corrected chi connectivity index (χ4v) is 3.64. The maximum absolute atomic E-state index is 6.05. The van der Waals surface area contributed by atoms with Gasteiger partial charge in [-0.05, 0) is 44.9 Å². The van der Waals surface area contributed by atoms with E-state index in [2.05, 4.69) is 50.8 Å². The highest BCUT2D eigenvalue weighted by atomic mass is 15.2. The number of nitrogens with zero attached hydrogens (tertiary/aromatic N) is 1. The number of benzene rings is 1. The van der Waals surface area contributed by atoms with Crippen LogP contribution in [0.2, 0.25) is 0 Å². The van der Waals surface area contributed by atoms with Gasteiger partial charge in [-0.15, -0.1) is 0 Å². The van der Waals surface area contributed by atoms with Crippen molar-refractivity contribution in [1.82, 2.24) is 0 Å². The van der Waals surface area contributed by atoms with Crippen molar-refractivity contribution in [3.8, 4) is 0 Å². The molecular weight excluding hydrogens is 292 g/mol. The average Bonchev–Trinajstić information content (AvgIpc) is 2.56. The van der Waals surface area contributed by atoms with Crippen LogP contribution in [0.15, 0.2) is 24.3 Å². The summed E-state index contributed by atoms with van der Waals surface area (Å²) in [5.74, 6) is 0. The van der Waals surface area contributed by atoms with Gasteiger partial charge < -0.3 is 10.6 Å². The summed E-state index contributed by atoms with van der Waals surface area (Å²) in [6.07, 6.45) is 13.2. The Morgan fingerprint density at radius 2 is 1.38 bits per heavy atom. The van der Waals surface area contributed by atoms with Gasteiger partial charge in [-0.2, -0.15) is 0 Å². The van der Waals surface area contributed by atoms with Crippen molar-refractivity contribution in [2.75, 3.05) is 10.6 Å². The number of nitrogen functional groups attached to an aromatic ring is 1. The molecule has 0 aliphatic carbocycles. The van der Waals surface area contributed by atoms with E-state index in [-0.39, 0.29) is 0 Å². The van der Waals surface area contributed by atoms with Crippen molar-refractivity contribution in [3.05, 3.63) is 24.3 Å². The van der Waals surface area contributed by atoms with Crippen molar-refractivity contribution in [2.24, 2.45) is 0 Å². The molecule has 0 fully saturated rings. The summed E-state index contributed by atoms with van der Waals surface area (Å²) in [7, 11) is 0. The third-order valence-corrected chi connectivity index (χ3v) is 5.07. The lowest BCUT2D eigenvalue weighted by atomic mass is 10.0. The number of hydrogen-bond donors (Lipinski definition) is 1. The fourth-order valence-electron chi connectivity index (χ4n) is 3.64. The smallest absolute Gasteiger partial charge is 0.0391 e. The van der Waals surface area contributed by atoms with Crippen molar-refractivity contribution >= 4 is 11.4 Å². The van der Waals surface area contributed by atoms with Crippen LogP contribution >= 0.6 is 0 Å². The maximum Gasteiger partial charge on any atom is 0.0391 e. The van der Waals surface area contributed by atoms with Crippen LogP contribution in [0.3, 0.4) is 0 Å². The van der Waals surface area contributed by atoms with Crippen LogP contribution in [0.25, 0.3) is 0 Å². The Bertz CT molecular complexity index is 412. The summed E-state index contributed by atoms with van der Waals surface area (Å²) < 4.78 is 0. The van der Waals surface area contributed by atoms with Crippen LogP contribution in [-0.2, 0) is 0 Å². The first-order valence-corrected chi connectivity index (χ1v) is 10.2. The lowest BCUT2D eigenvalue weighted by molar-refractivity contribution is 0.465. The maximum atomic E-state index is 6.05. The second kappa shape index (κ2) is 12.2. The van der Waals surface area contributed by atoms with Gasteiger partial charge in [0.25, 0.3) is 0 Å². The molecule has 0 amide bonds. The van der Waals surface area contributed by atoms with Gasteiger partial charge in [-0.3, -0.25) is 0 Å². The molecule has 2 N–H and O–H groups in total. The summed E-state index contributed by atoms with van der Waals surface area (Å²) in [5, 5.41) is 0. The Labute approximate surface area is 150 Å². The van der Waals surface area contributed by atoms with Gasteiger partial charge in [-0.1, -0.05) is 71.3 Å². The van der Waals surface area contributed by atoms with Gasteiger partial charge in [-0.25, -0.2) is 0 Å². The van der Waals surface area contributed by atoms with Gasteiger partial charge in [0.2, 0.25) is 0 Å². The zero-order chi connectivity index (χ0) is 17.8. The molecule has 0 bridgehead atoms. The van der Waals surface area contributed by atoms with E-state index in [1.807, 2.05) is 6.07 Å². The first kappa shape index (κ1) is 20.9. The Hall–Kier alpha value is -1.18. The molecule has 0 saturated heterocycles. The van der Waals surface area contributed by atoms with Crippen LogP contribution in [-0.4, -0.2) is 12.1 Å². The van der Waals surface area contributed by atoms with Crippen molar-refractivity contribution in [2.45, 2.75) is 104 Å². The first-order chi connectivity index (χ1) is 11.6. The van der Waals surface area contributed by atoms with Crippen molar-refractivity contribution in [3.63, 3.8) is 0 Å². The minimum absolute atomic E-state index is 0.574. The SMILES string of the molecule is CCCCCCC(C)N(c1cccc(N)c1)C(C)CCCCCC. The number of hydrogen-bond acceptors (Lipinski definition) is 2. The van der Waals surface area contributed by atoms with E-state index < -0.39 is 0 Å². The number of unbranched alkanes of at least 4 members (excludes halogenated alkanes) is 6. The summed E-state index contributed by atoms with van der Waals surface area (Å²) in [4.78, 5) is 2.62. The number of nitrogens with two attached hydrogens (primary N) is 1. The fraction of sp³-hybridized carbons (Fsp3) is 0.727. The first-order valence-electron chi connectivity index (χ1n) is 10.2. The van der Waals surface area contributed by atoms with Crippen LogP contribution < -0.4 is 10.6 Å². The molecule has 0 aliphatic rings. The molecule has 0 aromatic heterocycles. The van der Waals surface area contributed by atoms with E-state index in [9.17, 15) is 0 Å². The third-order valence-electron chi connectivity index (χ3n) is 5.07. The lowest BCUT2D eigenvalue weighted by Gasteiger charge is -2.37. The Morgan fingerprint density at radius 1 is 0.833 bits per heavy atom. The quantitative estimate of drug-likeness (QED) is 0.318. The van der Waals surface area contributed by atoms with E-state index in [4.69, 9.17) is 5.73 Å². The number of anilines is 2. The molecule has 0 saturated carbocycles. The van der Waals surface area contributed by atoms with E-state index in [0.717, 1.165) is 5.69 Å². The summed E-state index contributed by atoms with van der Waals surface area (Å²) >= 11 is 0. The zero-order valence-electron chi connectivity index (χ0n) is 16.6. The normalized spacial score (nSPS) is 13.7. The molecule has 138 valence electrons. The van der Waals surface area contributed by atoms with Gasteiger partial charge in [0.15, 0.2) is 0 Å². The zero-order valence-corrected chi connectivity index (χ0v) is 16.6. The van der Waals surface area contributed by atoms with Gasteiger partial charge in [0, 0.05) is 23.5 Å². The molecular formula is C22H40N2. The Kier molecular flexibility index (Phi) is 10.6. The average molecular weight is 333 g/mol. The third kappa shape index (κ3) is 7.59. The standard InChI is InChI=1S/C22H40N2/c1-5-7-9-11-14-19(3)24(20(4)15-12-10-8-6-2)22-17-13-16-21(23)18-22/h13,16-20H,5-12,14-15,23H2,1-4H3. The van der Waals surface area contributed by atoms with Crippen LogP contribution in [0.4, 0.5) is 11.4 Å². The van der Waals surface area contributed by atoms with E-state index in [0.29, 0.717) is 12.1 Å². The predicted molar refractivity (Wildman–Crippen MR) is 110 cm³/mol. The molecule has 1 aromatic rings. The van der Waals surface area contributed by atoms with Crippen LogP contribution in [0.5, 0.6) is 0 Å². The second-order valence-corrected chi connectivity index (χ2v) is 7.40. The molecule has 0 spiro atoms. The van der Waals surface area contributed by atoms with Crippen LogP contribution in [0.1, 0.15) is 91.9 Å². The molecule has 2 nitrogen and oxygen atoms in total. The molecule has 0 aliphatic heterocycles. The Balaban J connectivity index is 2.71. The minimum atomic E-state index is 0.574. The Morgan fingerprint density at radius 3 is 1.83 bits per heavy atom. The topological polar surface area (TPSA) is 29.3 Å². The predicted octanol–water partition coefficient (Wildman–Crippen LogP) is 6.79. The highest BCUT2D eigenvalue weighted by Crippen LogP contribution is 2.27. The highest BCUT2D eigenvalue weighted by molar-refractivity contribution is 5.57. The monoisotopic (exact) mass is 332 g/mol. The largest absolute Gasteiger partial charge is 0.399 e. The molecule has 24 heavy (non-hydrogen) atoms. The summed E-state index contributed by atoms with van der Waals surface area (Å²) in [6, 6.07) is 9.59. The van der Waals surface area contributed by atoms with E-state index in [1.54, 1.807) is 0 Å². The van der Waals surface area contributed by atoms with Crippen LogP contribution in [0, 0.1) is 0 Å². The highest BCUT2D eigenvalue weighted by Gasteiger charge is 2.20. The molecule has 0 heterocycles. The lowest BCUT2D eigenvalue weighted by Crippen LogP contribution is -2.40. The van der Waals surface area contributed by atoms with Gasteiger partial charge in [0.05, 0.1) is 0 Å². The second-order valence-electron chi connectivity index (χ2n) is 7.40. The van der Waals surface area contributed by atoms with Gasteiger partial charge >= 0.3 is 0 Å². The van der Waals surface area contributed by atoms with E-state index in [1.165, 1.54) is 69.9 Å². The number of rotatable bonds is 13. The summed E-state index contributed by atoms with van der Waals surface area (Å²) in [6.45, 7) is 9.33. The van der Waals surface area contributed by atoms with Crippen molar-refractivity contribution < 1.29 is 0 Å². The van der Waals surface area contributed by atoms with E-state index >= 15 is 0 Å². The summed E-state index contributed by atoms with van der Waals surface area (Å²) in [5.41, 5.74) is 8.21. The van der Waals surface area contributed by atoms with Crippen molar-refractivity contribution in [1.29, 1.82) is 0 Å². The molecule has 1 rings (SSSR count). The molecule has 0 radical (unpaired) electrons. The van der Waals surface area contributed by atoms with Gasteiger partial charge in [0.1, 0.15) is 0 Å².